The normalized spacial score (nSPS) is 11.1. The van der Waals surface area contributed by atoms with Crippen LogP contribution in [0, 0.1) is 12.3 Å². The fraction of sp³-hybridized carbons (Fsp3) is 0.300. The first-order valence-electron chi connectivity index (χ1n) is 8.30. The third kappa shape index (κ3) is 5.23. The quantitative estimate of drug-likeness (QED) is 0.704. The number of hydrogen-bond acceptors (Lipinski definition) is 2. The van der Waals surface area contributed by atoms with Gasteiger partial charge in [0.2, 0.25) is 11.8 Å². The van der Waals surface area contributed by atoms with E-state index in [1.54, 1.807) is 26.0 Å². The van der Waals surface area contributed by atoms with Gasteiger partial charge in [0, 0.05) is 22.3 Å². The maximum atomic E-state index is 12.5. The molecule has 0 unspecified atom stereocenters. The van der Waals surface area contributed by atoms with Crippen LogP contribution in [0.5, 0.6) is 0 Å². The SMILES string of the molecule is Cc1ccc(NC(=O)C(C)(C)C(=O)NCCc2ccc(Cl)cc2)cc1Cl. The highest BCUT2D eigenvalue weighted by Gasteiger charge is 2.35. The number of carbonyl (C=O) groups is 2. The van der Waals surface area contributed by atoms with Crippen LogP contribution in [0.15, 0.2) is 42.5 Å². The summed E-state index contributed by atoms with van der Waals surface area (Å²) in [6, 6.07) is 12.7. The molecule has 2 aromatic carbocycles. The molecule has 0 saturated carbocycles. The fourth-order valence-corrected chi connectivity index (χ4v) is 2.56. The second-order valence-electron chi connectivity index (χ2n) is 6.68. The summed E-state index contributed by atoms with van der Waals surface area (Å²) >= 11 is 11.9. The van der Waals surface area contributed by atoms with E-state index in [-0.39, 0.29) is 11.8 Å². The Morgan fingerprint density at radius 1 is 1.00 bits per heavy atom. The number of carbonyl (C=O) groups excluding carboxylic acids is 2. The maximum absolute atomic E-state index is 12.5. The van der Waals surface area contributed by atoms with Crippen LogP contribution in [0.25, 0.3) is 0 Å². The van der Waals surface area contributed by atoms with Crippen molar-refractivity contribution in [3.05, 3.63) is 63.6 Å². The van der Waals surface area contributed by atoms with Crippen molar-refractivity contribution in [1.82, 2.24) is 5.32 Å². The summed E-state index contributed by atoms with van der Waals surface area (Å²) in [6.07, 6.45) is 0.661. The minimum atomic E-state index is -1.21. The van der Waals surface area contributed by atoms with Gasteiger partial charge < -0.3 is 10.6 Å². The Kier molecular flexibility index (Phi) is 6.68. The number of anilines is 1. The lowest BCUT2D eigenvalue weighted by Gasteiger charge is -2.23. The van der Waals surface area contributed by atoms with E-state index in [1.165, 1.54) is 0 Å². The minimum absolute atomic E-state index is 0.331. The molecular formula is C20H22Cl2N2O2. The molecule has 2 N–H and O–H groups in total. The molecule has 2 aromatic rings. The molecule has 4 nitrogen and oxygen atoms in total. The summed E-state index contributed by atoms with van der Waals surface area (Å²) in [5, 5.41) is 6.80. The topological polar surface area (TPSA) is 58.2 Å². The highest BCUT2D eigenvalue weighted by molar-refractivity contribution is 6.31. The van der Waals surface area contributed by atoms with Crippen molar-refractivity contribution < 1.29 is 9.59 Å². The number of amides is 2. The van der Waals surface area contributed by atoms with Crippen LogP contribution in [0.1, 0.15) is 25.0 Å². The molecule has 0 bridgehead atoms. The van der Waals surface area contributed by atoms with Crippen LogP contribution in [0.3, 0.4) is 0 Å². The number of nitrogens with one attached hydrogen (secondary N) is 2. The van der Waals surface area contributed by atoms with Gasteiger partial charge in [0.1, 0.15) is 5.41 Å². The Bertz CT molecular complexity index is 802. The Balaban J connectivity index is 1.91. The van der Waals surface area contributed by atoms with Crippen molar-refractivity contribution in [3.63, 3.8) is 0 Å². The van der Waals surface area contributed by atoms with Crippen molar-refractivity contribution in [2.24, 2.45) is 5.41 Å². The lowest BCUT2D eigenvalue weighted by atomic mass is 9.90. The molecule has 0 aromatic heterocycles. The second-order valence-corrected chi connectivity index (χ2v) is 7.52. The summed E-state index contributed by atoms with van der Waals surface area (Å²) in [4.78, 5) is 25.0. The number of benzene rings is 2. The monoisotopic (exact) mass is 392 g/mol. The van der Waals surface area contributed by atoms with Gasteiger partial charge in [-0.3, -0.25) is 9.59 Å². The van der Waals surface area contributed by atoms with Gasteiger partial charge in [-0.2, -0.15) is 0 Å². The molecule has 2 rings (SSSR count). The van der Waals surface area contributed by atoms with E-state index in [1.807, 2.05) is 37.3 Å². The predicted octanol–water partition coefficient (Wildman–Crippen LogP) is 4.63. The Morgan fingerprint density at radius 3 is 2.27 bits per heavy atom. The van der Waals surface area contributed by atoms with Crippen molar-refractivity contribution in [2.75, 3.05) is 11.9 Å². The molecule has 138 valence electrons. The first-order valence-corrected chi connectivity index (χ1v) is 9.06. The summed E-state index contributed by atoms with van der Waals surface area (Å²) in [6.45, 7) is 5.51. The third-order valence-corrected chi connectivity index (χ3v) is 4.84. The molecule has 26 heavy (non-hydrogen) atoms. The number of aryl methyl sites for hydroxylation is 1. The van der Waals surface area contributed by atoms with Crippen LogP contribution >= 0.6 is 23.2 Å². The molecule has 0 fully saturated rings. The summed E-state index contributed by atoms with van der Waals surface area (Å²) in [7, 11) is 0. The molecule has 0 atom stereocenters. The minimum Gasteiger partial charge on any atom is -0.355 e. The van der Waals surface area contributed by atoms with Crippen LogP contribution in [-0.2, 0) is 16.0 Å². The average Bonchev–Trinajstić information content (AvgIpc) is 2.59. The molecule has 0 aliphatic heterocycles. The lowest BCUT2D eigenvalue weighted by Crippen LogP contribution is -2.45. The van der Waals surface area contributed by atoms with Gasteiger partial charge in [0.15, 0.2) is 0 Å². The molecule has 0 heterocycles. The van der Waals surface area contributed by atoms with Gasteiger partial charge in [0.05, 0.1) is 0 Å². The summed E-state index contributed by atoms with van der Waals surface area (Å²) in [5.74, 6) is -0.719. The Morgan fingerprint density at radius 2 is 1.65 bits per heavy atom. The van der Waals surface area contributed by atoms with Crippen LogP contribution in [-0.4, -0.2) is 18.4 Å². The highest BCUT2D eigenvalue weighted by atomic mass is 35.5. The molecule has 0 saturated heterocycles. The smallest absolute Gasteiger partial charge is 0.239 e. The van der Waals surface area contributed by atoms with E-state index in [2.05, 4.69) is 10.6 Å². The predicted molar refractivity (Wildman–Crippen MR) is 107 cm³/mol. The molecule has 2 amide bonds. The van der Waals surface area contributed by atoms with E-state index in [9.17, 15) is 9.59 Å². The zero-order valence-electron chi connectivity index (χ0n) is 15.0. The van der Waals surface area contributed by atoms with Gasteiger partial charge in [0.25, 0.3) is 0 Å². The van der Waals surface area contributed by atoms with Gasteiger partial charge in [-0.05, 0) is 62.6 Å². The van der Waals surface area contributed by atoms with Crippen molar-refractivity contribution in [2.45, 2.75) is 27.2 Å². The average molecular weight is 393 g/mol. The highest BCUT2D eigenvalue weighted by Crippen LogP contribution is 2.23. The third-order valence-electron chi connectivity index (χ3n) is 4.18. The molecule has 6 heteroatoms. The molecule has 0 radical (unpaired) electrons. The molecule has 0 aliphatic rings. The van der Waals surface area contributed by atoms with Crippen LogP contribution in [0.2, 0.25) is 10.0 Å². The molecule has 0 aliphatic carbocycles. The lowest BCUT2D eigenvalue weighted by molar-refractivity contribution is -0.138. The van der Waals surface area contributed by atoms with E-state index in [0.29, 0.717) is 28.7 Å². The molecule has 0 spiro atoms. The van der Waals surface area contributed by atoms with E-state index in [0.717, 1.165) is 11.1 Å². The standard InChI is InChI=1S/C20H22Cl2N2O2/c1-13-4-9-16(12-17(13)22)24-19(26)20(2,3)18(25)23-11-10-14-5-7-15(21)8-6-14/h4-9,12H,10-11H2,1-3H3,(H,23,25)(H,24,26). The van der Waals surface area contributed by atoms with Crippen LogP contribution in [0.4, 0.5) is 5.69 Å². The first kappa shape index (κ1) is 20.3. The first-order chi connectivity index (χ1) is 12.2. The number of hydrogen-bond donors (Lipinski definition) is 2. The second kappa shape index (κ2) is 8.56. The zero-order chi connectivity index (χ0) is 19.3. The Labute approximate surface area is 163 Å². The zero-order valence-corrected chi connectivity index (χ0v) is 16.5. The Hall–Kier alpha value is -2.04. The van der Waals surface area contributed by atoms with Crippen molar-refractivity contribution >= 4 is 40.7 Å². The van der Waals surface area contributed by atoms with Crippen molar-refractivity contribution in [3.8, 4) is 0 Å². The van der Waals surface area contributed by atoms with Gasteiger partial charge in [-0.1, -0.05) is 41.4 Å². The van der Waals surface area contributed by atoms with E-state index >= 15 is 0 Å². The van der Waals surface area contributed by atoms with E-state index in [4.69, 9.17) is 23.2 Å². The summed E-state index contributed by atoms with van der Waals surface area (Å²) in [5.41, 5.74) is 1.33. The maximum Gasteiger partial charge on any atom is 0.239 e. The number of rotatable bonds is 6. The van der Waals surface area contributed by atoms with Crippen LogP contribution < -0.4 is 10.6 Å². The van der Waals surface area contributed by atoms with Gasteiger partial charge in [-0.25, -0.2) is 0 Å². The number of halogens is 2. The molecular weight excluding hydrogens is 371 g/mol. The summed E-state index contributed by atoms with van der Waals surface area (Å²) < 4.78 is 0. The van der Waals surface area contributed by atoms with Crippen molar-refractivity contribution in [1.29, 1.82) is 0 Å². The fourth-order valence-electron chi connectivity index (χ4n) is 2.25. The largest absolute Gasteiger partial charge is 0.355 e. The van der Waals surface area contributed by atoms with Gasteiger partial charge >= 0.3 is 0 Å². The van der Waals surface area contributed by atoms with Gasteiger partial charge in [-0.15, -0.1) is 0 Å². The van der Waals surface area contributed by atoms with E-state index < -0.39 is 5.41 Å².